The molecule has 3 aromatic rings. The van der Waals surface area contributed by atoms with Crippen molar-refractivity contribution in [2.24, 2.45) is 0 Å². The summed E-state index contributed by atoms with van der Waals surface area (Å²) < 4.78 is 0.826. The number of nitrogens with one attached hydrogen (secondary N) is 1. The molecule has 1 unspecified atom stereocenters. The van der Waals surface area contributed by atoms with Crippen LogP contribution >= 0.6 is 27.5 Å². The van der Waals surface area contributed by atoms with E-state index in [4.69, 9.17) is 11.6 Å². The number of hydrogen-bond donors (Lipinski definition) is 1. The van der Waals surface area contributed by atoms with Crippen LogP contribution < -0.4 is 5.32 Å². The van der Waals surface area contributed by atoms with E-state index in [-0.39, 0.29) is 11.3 Å². The van der Waals surface area contributed by atoms with Gasteiger partial charge in [0.1, 0.15) is 0 Å². The summed E-state index contributed by atoms with van der Waals surface area (Å²) in [6.45, 7) is 0. The Morgan fingerprint density at radius 1 is 0.885 bits per heavy atom. The van der Waals surface area contributed by atoms with Gasteiger partial charge in [0.05, 0.1) is 11.1 Å². The first-order valence-corrected chi connectivity index (χ1v) is 9.69. The van der Waals surface area contributed by atoms with E-state index in [0.29, 0.717) is 5.02 Å². The van der Waals surface area contributed by atoms with Crippen LogP contribution in [0.4, 0.5) is 5.69 Å². The van der Waals surface area contributed by atoms with Crippen molar-refractivity contribution in [3.05, 3.63) is 99.0 Å². The molecule has 0 aromatic heterocycles. The first-order chi connectivity index (χ1) is 12.6. The van der Waals surface area contributed by atoms with Crippen LogP contribution in [0.1, 0.15) is 23.1 Å². The Hall–Kier alpha value is -2.10. The third-order valence-corrected chi connectivity index (χ3v) is 6.65. The molecule has 1 atom stereocenters. The molecule has 4 heteroatoms. The molecule has 1 heterocycles. The van der Waals surface area contributed by atoms with E-state index in [2.05, 4.69) is 45.5 Å². The van der Waals surface area contributed by atoms with Gasteiger partial charge in [0, 0.05) is 14.9 Å². The van der Waals surface area contributed by atoms with Crippen LogP contribution in [0.5, 0.6) is 0 Å². The first kappa shape index (κ1) is 16.1. The number of carbonyl (C=O) groups is 1. The lowest BCUT2D eigenvalue weighted by Crippen LogP contribution is -2.30. The fraction of sp³-hybridized carbons (Fsp3) is 0.136. The van der Waals surface area contributed by atoms with E-state index < -0.39 is 5.41 Å². The molecule has 1 N–H and O–H groups in total. The van der Waals surface area contributed by atoms with Gasteiger partial charge in [-0.3, -0.25) is 4.79 Å². The van der Waals surface area contributed by atoms with Crippen LogP contribution in [0.3, 0.4) is 0 Å². The normalized spacial score (nSPS) is 22.2. The van der Waals surface area contributed by atoms with E-state index in [1.54, 1.807) is 0 Å². The highest BCUT2D eigenvalue weighted by molar-refractivity contribution is 9.10. The number of anilines is 1. The molecule has 128 valence electrons. The van der Waals surface area contributed by atoms with Gasteiger partial charge in [0.2, 0.25) is 5.91 Å². The Morgan fingerprint density at radius 3 is 2.04 bits per heavy atom. The van der Waals surface area contributed by atoms with Gasteiger partial charge < -0.3 is 5.32 Å². The SMILES string of the molecule is O=C1Nc2c(Br)cc(Cl)cc2C12CC2(c1ccccc1)c1ccccc1. The number of fused-ring (bicyclic) bond motifs is 2. The molecular weight excluding hydrogens is 410 g/mol. The van der Waals surface area contributed by atoms with Crippen molar-refractivity contribution < 1.29 is 4.79 Å². The van der Waals surface area contributed by atoms with Gasteiger partial charge in [-0.25, -0.2) is 0 Å². The standard InChI is InChI=1S/C22H15BrClNO/c23-18-12-16(24)11-17-19(18)25-20(26)22(17)13-21(22,14-7-3-1-4-8-14)15-9-5-2-6-10-15/h1-12H,13H2,(H,25,26). The number of carbonyl (C=O) groups excluding carboxylic acids is 1. The molecule has 0 bridgehead atoms. The molecule has 1 aliphatic carbocycles. The molecule has 1 spiro atoms. The van der Waals surface area contributed by atoms with Crippen molar-refractivity contribution in [3.8, 4) is 0 Å². The minimum atomic E-state index is -0.627. The highest BCUT2D eigenvalue weighted by Gasteiger charge is 2.76. The number of amides is 1. The van der Waals surface area contributed by atoms with Crippen molar-refractivity contribution in [1.29, 1.82) is 0 Å². The third kappa shape index (κ3) is 1.90. The van der Waals surface area contributed by atoms with Gasteiger partial charge in [-0.15, -0.1) is 0 Å². The van der Waals surface area contributed by atoms with Gasteiger partial charge in [-0.2, -0.15) is 0 Å². The van der Waals surface area contributed by atoms with Crippen LogP contribution in [0.15, 0.2) is 77.3 Å². The molecule has 0 radical (unpaired) electrons. The van der Waals surface area contributed by atoms with Crippen LogP contribution in [0, 0.1) is 0 Å². The van der Waals surface area contributed by atoms with Crippen LogP contribution in [-0.4, -0.2) is 5.91 Å². The van der Waals surface area contributed by atoms with Gasteiger partial charge in [0.15, 0.2) is 0 Å². The summed E-state index contributed by atoms with van der Waals surface area (Å²) in [5.74, 6) is 0.0446. The zero-order valence-corrected chi connectivity index (χ0v) is 16.1. The minimum Gasteiger partial charge on any atom is -0.324 e. The molecule has 1 aliphatic heterocycles. The molecule has 1 fully saturated rings. The molecule has 2 nitrogen and oxygen atoms in total. The average Bonchev–Trinajstić information content (AvgIpc) is 3.30. The maximum Gasteiger partial charge on any atom is 0.236 e. The summed E-state index contributed by atoms with van der Waals surface area (Å²) in [6.07, 6.45) is 0.736. The number of benzene rings is 3. The first-order valence-electron chi connectivity index (χ1n) is 8.52. The van der Waals surface area contributed by atoms with Gasteiger partial charge in [-0.05, 0) is 51.2 Å². The number of hydrogen-bond acceptors (Lipinski definition) is 1. The van der Waals surface area contributed by atoms with Crippen LogP contribution in [0.25, 0.3) is 0 Å². The predicted octanol–water partition coefficient (Wildman–Crippen LogP) is 5.68. The van der Waals surface area contributed by atoms with E-state index in [9.17, 15) is 4.79 Å². The molecule has 1 saturated carbocycles. The molecule has 2 aliphatic rings. The Kier molecular flexibility index (Phi) is 3.37. The monoisotopic (exact) mass is 423 g/mol. The van der Waals surface area contributed by atoms with E-state index in [0.717, 1.165) is 33.3 Å². The summed E-state index contributed by atoms with van der Waals surface area (Å²) in [5.41, 5.74) is 3.13. The zero-order valence-electron chi connectivity index (χ0n) is 13.8. The van der Waals surface area contributed by atoms with Gasteiger partial charge in [0.25, 0.3) is 0 Å². The largest absolute Gasteiger partial charge is 0.324 e. The summed E-state index contributed by atoms with van der Waals surface area (Å²) in [6, 6.07) is 24.4. The van der Waals surface area contributed by atoms with Crippen LogP contribution in [0.2, 0.25) is 5.02 Å². The lowest BCUT2D eigenvalue weighted by Gasteiger charge is -2.23. The quantitative estimate of drug-likeness (QED) is 0.563. The topological polar surface area (TPSA) is 29.1 Å². The van der Waals surface area contributed by atoms with Gasteiger partial charge in [-0.1, -0.05) is 72.3 Å². The molecule has 26 heavy (non-hydrogen) atoms. The predicted molar refractivity (Wildman–Crippen MR) is 108 cm³/mol. The lowest BCUT2D eigenvalue weighted by molar-refractivity contribution is -0.118. The van der Waals surface area contributed by atoms with Gasteiger partial charge >= 0.3 is 0 Å². The second-order valence-corrected chi connectivity index (χ2v) is 8.27. The van der Waals surface area contributed by atoms with Crippen LogP contribution in [-0.2, 0) is 15.6 Å². The second-order valence-electron chi connectivity index (χ2n) is 6.98. The maximum atomic E-state index is 13.3. The van der Waals surface area contributed by atoms with Crippen molar-refractivity contribution in [3.63, 3.8) is 0 Å². The maximum absolute atomic E-state index is 13.3. The molecule has 0 saturated heterocycles. The number of halogens is 2. The second kappa shape index (κ2) is 5.45. The highest BCUT2D eigenvalue weighted by atomic mass is 79.9. The smallest absolute Gasteiger partial charge is 0.236 e. The summed E-state index contributed by atoms with van der Waals surface area (Å²) in [7, 11) is 0. The van der Waals surface area contributed by atoms with Crippen molar-refractivity contribution in [1.82, 2.24) is 0 Å². The third-order valence-electron chi connectivity index (χ3n) is 5.81. The van der Waals surface area contributed by atoms with Crippen molar-refractivity contribution in [2.45, 2.75) is 17.3 Å². The van der Waals surface area contributed by atoms with Crippen molar-refractivity contribution in [2.75, 3.05) is 5.32 Å². The average molecular weight is 425 g/mol. The summed E-state index contributed by atoms with van der Waals surface area (Å²) in [4.78, 5) is 13.3. The Balaban J connectivity index is 1.81. The fourth-order valence-corrected chi connectivity index (χ4v) is 5.55. The molecule has 1 amide bonds. The van der Waals surface area contributed by atoms with E-state index >= 15 is 0 Å². The van der Waals surface area contributed by atoms with E-state index in [1.165, 1.54) is 0 Å². The molecule has 5 rings (SSSR count). The Labute approximate surface area is 165 Å². The Morgan fingerprint density at radius 2 is 1.46 bits per heavy atom. The summed E-state index contributed by atoms with van der Waals surface area (Å²) >= 11 is 9.90. The zero-order chi connectivity index (χ0) is 17.9. The Bertz CT molecular complexity index is 995. The van der Waals surface area contributed by atoms with Crippen molar-refractivity contribution >= 4 is 39.1 Å². The number of rotatable bonds is 2. The fourth-order valence-electron chi connectivity index (χ4n) is 4.64. The summed E-state index contributed by atoms with van der Waals surface area (Å²) in [5, 5.41) is 3.73. The molecule has 3 aromatic carbocycles. The molecular formula is C22H15BrClNO. The minimum absolute atomic E-state index is 0.0446. The lowest BCUT2D eigenvalue weighted by atomic mass is 9.77. The highest BCUT2D eigenvalue weighted by Crippen LogP contribution is 2.72. The van der Waals surface area contributed by atoms with E-state index in [1.807, 2.05) is 48.5 Å².